The van der Waals surface area contributed by atoms with Gasteiger partial charge in [0.05, 0.1) is 0 Å². The number of carbonyl (C=O) groups excluding carboxylic acids is 2. The van der Waals surface area contributed by atoms with E-state index in [1.54, 1.807) is 13.8 Å². The number of hydrogen-bond donors (Lipinski definition) is 0. The molecule has 2 aliphatic carbocycles. The molecule has 0 heterocycles. The molecule has 0 atom stereocenters. The van der Waals surface area contributed by atoms with Crippen molar-refractivity contribution in [1.82, 2.24) is 0 Å². The largest absolute Gasteiger partial charge is 0.456 e. The summed E-state index contributed by atoms with van der Waals surface area (Å²) < 4.78 is 11.4. The monoisotopic (exact) mass is 390 g/mol. The first-order chi connectivity index (χ1) is 12.9. The summed E-state index contributed by atoms with van der Waals surface area (Å²) in [6, 6.07) is 0. The predicted molar refractivity (Wildman–Crippen MR) is 112 cm³/mol. The van der Waals surface area contributed by atoms with Gasteiger partial charge in [-0.2, -0.15) is 0 Å². The second-order valence-corrected chi connectivity index (χ2v) is 9.77. The number of carbonyl (C=O) groups is 2. The Hall–Kier alpha value is -1.58. The zero-order valence-corrected chi connectivity index (χ0v) is 18.4. The Morgan fingerprint density at radius 3 is 1.32 bits per heavy atom. The molecule has 158 valence electrons. The molecule has 0 bridgehead atoms. The van der Waals surface area contributed by atoms with E-state index >= 15 is 0 Å². The van der Waals surface area contributed by atoms with Gasteiger partial charge in [0.15, 0.2) is 0 Å². The number of esters is 2. The highest BCUT2D eigenvalue weighted by molar-refractivity contribution is 5.87. The summed E-state index contributed by atoms with van der Waals surface area (Å²) in [5.41, 5.74) is 0.228. The third-order valence-corrected chi connectivity index (χ3v) is 7.04. The molecule has 0 spiro atoms. The van der Waals surface area contributed by atoms with Gasteiger partial charge in [0.25, 0.3) is 0 Å². The highest BCUT2D eigenvalue weighted by Gasteiger charge is 2.41. The molecule has 4 heteroatoms. The Morgan fingerprint density at radius 1 is 0.786 bits per heavy atom. The van der Waals surface area contributed by atoms with E-state index in [1.807, 2.05) is 0 Å². The van der Waals surface area contributed by atoms with Gasteiger partial charge in [-0.15, -0.1) is 0 Å². The van der Waals surface area contributed by atoms with Gasteiger partial charge in [0.2, 0.25) is 0 Å². The van der Waals surface area contributed by atoms with E-state index in [9.17, 15) is 9.59 Å². The van der Waals surface area contributed by atoms with Crippen molar-refractivity contribution >= 4 is 11.9 Å². The first-order valence-electron chi connectivity index (χ1n) is 10.7. The second kappa shape index (κ2) is 8.84. The number of ether oxygens (including phenoxy) is 2. The minimum absolute atomic E-state index is 0.273. The standard InChI is InChI=1S/C24H38O4/c1-16(2)21(25)27-23(6)12-8-19(9-13-23)18(5)20-10-14-24(7,15-11-20)28-22(26)17(3)4/h18-20H,1,3,8-15H2,2,4-7H3. The molecular formula is C24H38O4. The van der Waals surface area contributed by atoms with Crippen LogP contribution in [0.1, 0.15) is 86.0 Å². The third kappa shape index (κ3) is 5.71. The molecule has 0 N–H and O–H groups in total. The lowest BCUT2D eigenvalue weighted by Crippen LogP contribution is -2.41. The van der Waals surface area contributed by atoms with Crippen LogP contribution in [0.15, 0.2) is 24.3 Å². The highest BCUT2D eigenvalue weighted by atomic mass is 16.6. The van der Waals surface area contributed by atoms with Gasteiger partial charge < -0.3 is 9.47 Å². The Morgan fingerprint density at radius 2 is 1.07 bits per heavy atom. The molecule has 28 heavy (non-hydrogen) atoms. The summed E-state index contributed by atoms with van der Waals surface area (Å²) in [5, 5.41) is 0. The molecule has 4 nitrogen and oxygen atoms in total. The van der Waals surface area contributed by atoms with E-state index in [0.717, 1.165) is 51.4 Å². The van der Waals surface area contributed by atoms with Crippen LogP contribution in [0.4, 0.5) is 0 Å². The number of hydrogen-bond acceptors (Lipinski definition) is 4. The van der Waals surface area contributed by atoms with E-state index in [2.05, 4.69) is 33.9 Å². The molecule has 0 radical (unpaired) electrons. The zero-order valence-electron chi connectivity index (χ0n) is 18.4. The molecule has 2 fully saturated rings. The lowest BCUT2D eigenvalue weighted by atomic mass is 9.66. The normalized spacial score (nSPS) is 34.2. The van der Waals surface area contributed by atoms with Gasteiger partial charge in [-0.05, 0) is 96.8 Å². The summed E-state index contributed by atoms with van der Waals surface area (Å²) in [6.07, 6.45) is 8.06. The van der Waals surface area contributed by atoms with Crippen LogP contribution in [-0.4, -0.2) is 23.1 Å². The summed E-state index contributed by atoms with van der Waals surface area (Å²) in [6.45, 7) is 17.2. The van der Waals surface area contributed by atoms with E-state index in [0.29, 0.717) is 28.9 Å². The lowest BCUT2D eigenvalue weighted by Gasteiger charge is -2.44. The summed E-state index contributed by atoms with van der Waals surface area (Å²) in [5.74, 6) is 1.44. The van der Waals surface area contributed by atoms with Crippen LogP contribution >= 0.6 is 0 Å². The van der Waals surface area contributed by atoms with Crippen molar-refractivity contribution in [3.8, 4) is 0 Å². The molecule has 0 aromatic rings. The molecule has 0 aromatic heterocycles. The number of rotatable bonds is 6. The van der Waals surface area contributed by atoms with Gasteiger partial charge in [0, 0.05) is 11.1 Å². The van der Waals surface area contributed by atoms with Gasteiger partial charge in [-0.25, -0.2) is 9.59 Å². The maximum absolute atomic E-state index is 11.9. The molecule has 2 saturated carbocycles. The highest BCUT2D eigenvalue weighted by Crippen LogP contribution is 2.45. The molecular weight excluding hydrogens is 352 g/mol. The molecule has 0 aromatic carbocycles. The Labute approximate surface area is 170 Å². The van der Waals surface area contributed by atoms with Gasteiger partial charge in [-0.1, -0.05) is 20.1 Å². The second-order valence-electron chi connectivity index (χ2n) is 9.77. The van der Waals surface area contributed by atoms with Crippen molar-refractivity contribution in [2.75, 3.05) is 0 Å². The maximum Gasteiger partial charge on any atom is 0.333 e. The predicted octanol–water partition coefficient (Wildman–Crippen LogP) is 5.76. The molecule has 0 saturated heterocycles. The lowest BCUT2D eigenvalue weighted by molar-refractivity contribution is -0.158. The molecule has 2 rings (SSSR count). The van der Waals surface area contributed by atoms with Crippen LogP contribution < -0.4 is 0 Å². The molecule has 2 aliphatic rings. The van der Waals surface area contributed by atoms with E-state index in [4.69, 9.17) is 9.47 Å². The zero-order chi connectivity index (χ0) is 21.1. The smallest absolute Gasteiger partial charge is 0.333 e. The van der Waals surface area contributed by atoms with E-state index in [-0.39, 0.29) is 23.1 Å². The molecule has 0 unspecified atom stereocenters. The van der Waals surface area contributed by atoms with Crippen LogP contribution in [0.3, 0.4) is 0 Å². The summed E-state index contributed by atoms with van der Waals surface area (Å²) in [7, 11) is 0. The van der Waals surface area contributed by atoms with Gasteiger partial charge in [0.1, 0.15) is 11.2 Å². The Kier molecular flexibility index (Phi) is 7.17. The van der Waals surface area contributed by atoms with Gasteiger partial charge >= 0.3 is 11.9 Å². The van der Waals surface area contributed by atoms with E-state index < -0.39 is 0 Å². The average molecular weight is 391 g/mol. The summed E-state index contributed by atoms with van der Waals surface area (Å²) in [4.78, 5) is 23.8. The van der Waals surface area contributed by atoms with Gasteiger partial charge in [-0.3, -0.25) is 0 Å². The SMILES string of the molecule is C=C(C)C(=O)OC1(C)CCC(C(C)C2CCC(C)(OC(=O)C(=C)C)CC2)CC1. The quantitative estimate of drug-likeness (QED) is 0.427. The molecule has 0 aliphatic heterocycles. The topological polar surface area (TPSA) is 52.6 Å². The van der Waals surface area contributed by atoms with E-state index in [1.165, 1.54) is 0 Å². The van der Waals surface area contributed by atoms with Crippen molar-refractivity contribution in [3.63, 3.8) is 0 Å². The van der Waals surface area contributed by atoms with Crippen LogP contribution in [-0.2, 0) is 19.1 Å². The first-order valence-corrected chi connectivity index (χ1v) is 10.7. The molecule has 0 amide bonds. The fraction of sp³-hybridized carbons (Fsp3) is 0.750. The van der Waals surface area contributed by atoms with Crippen molar-refractivity contribution < 1.29 is 19.1 Å². The minimum atomic E-state index is -0.353. The van der Waals surface area contributed by atoms with Crippen LogP contribution in [0, 0.1) is 17.8 Å². The Balaban J connectivity index is 1.84. The Bertz CT molecular complexity index is 563. The van der Waals surface area contributed by atoms with Crippen molar-refractivity contribution in [2.45, 2.75) is 97.2 Å². The summed E-state index contributed by atoms with van der Waals surface area (Å²) >= 11 is 0. The van der Waals surface area contributed by atoms with Crippen LogP contribution in [0.25, 0.3) is 0 Å². The third-order valence-electron chi connectivity index (χ3n) is 7.04. The van der Waals surface area contributed by atoms with Crippen molar-refractivity contribution in [2.24, 2.45) is 17.8 Å². The van der Waals surface area contributed by atoms with Crippen molar-refractivity contribution in [3.05, 3.63) is 24.3 Å². The van der Waals surface area contributed by atoms with Crippen molar-refractivity contribution in [1.29, 1.82) is 0 Å². The maximum atomic E-state index is 11.9. The minimum Gasteiger partial charge on any atom is -0.456 e. The van der Waals surface area contributed by atoms with Crippen LogP contribution in [0.2, 0.25) is 0 Å². The fourth-order valence-corrected chi connectivity index (χ4v) is 4.76. The van der Waals surface area contributed by atoms with Crippen LogP contribution in [0.5, 0.6) is 0 Å². The fourth-order valence-electron chi connectivity index (χ4n) is 4.76. The average Bonchev–Trinajstić information content (AvgIpc) is 2.61. The first kappa shape index (κ1) is 22.7.